The molecule has 2 aromatic carbocycles. The van der Waals surface area contributed by atoms with Crippen LogP contribution in [0.15, 0.2) is 36.4 Å². The lowest BCUT2D eigenvalue weighted by atomic mass is 10.1. The first-order valence-electron chi connectivity index (χ1n) is 10.7. The highest BCUT2D eigenvalue weighted by Gasteiger charge is 2.35. The largest absolute Gasteiger partial charge is 0.339 e. The number of hydrogen-bond donors (Lipinski definition) is 0. The zero-order valence-electron chi connectivity index (χ0n) is 18.1. The Labute approximate surface area is 195 Å². The molecule has 2 aliphatic heterocycles. The van der Waals surface area contributed by atoms with E-state index in [1.54, 1.807) is 23.1 Å². The van der Waals surface area contributed by atoms with Gasteiger partial charge in [0.1, 0.15) is 5.82 Å². The molecule has 0 unspecified atom stereocenters. The van der Waals surface area contributed by atoms with Crippen molar-refractivity contribution >= 4 is 35.2 Å². The molecule has 2 heterocycles. The Bertz CT molecular complexity index is 1140. The van der Waals surface area contributed by atoms with Crippen molar-refractivity contribution in [2.75, 3.05) is 32.7 Å². The maximum absolute atomic E-state index is 14.0. The van der Waals surface area contributed by atoms with Crippen LogP contribution in [0.1, 0.15) is 49.5 Å². The molecule has 0 radical (unpaired) electrons. The molecule has 0 spiro atoms. The maximum Gasteiger partial charge on any atom is 0.261 e. The van der Waals surface area contributed by atoms with Crippen LogP contribution < -0.4 is 0 Å². The normalized spacial score (nSPS) is 15.8. The van der Waals surface area contributed by atoms with E-state index in [0.717, 1.165) is 11.6 Å². The molecular weight excluding hydrogens is 449 g/mol. The Morgan fingerprint density at radius 2 is 1.61 bits per heavy atom. The van der Waals surface area contributed by atoms with Gasteiger partial charge in [-0.3, -0.25) is 24.1 Å². The molecule has 0 aliphatic carbocycles. The van der Waals surface area contributed by atoms with Crippen molar-refractivity contribution < 1.29 is 23.6 Å². The van der Waals surface area contributed by atoms with Gasteiger partial charge in [0.05, 0.1) is 16.7 Å². The zero-order valence-corrected chi connectivity index (χ0v) is 18.9. The molecule has 2 aliphatic rings. The molecule has 2 aromatic rings. The summed E-state index contributed by atoms with van der Waals surface area (Å²) in [6.07, 6.45) is 0.541. The van der Waals surface area contributed by atoms with Crippen molar-refractivity contribution in [3.63, 3.8) is 0 Å². The van der Waals surface area contributed by atoms with E-state index in [1.165, 1.54) is 21.9 Å². The maximum atomic E-state index is 14.0. The predicted molar refractivity (Wildman–Crippen MR) is 120 cm³/mol. The third-order valence-corrected chi connectivity index (χ3v) is 6.21. The zero-order chi connectivity index (χ0) is 23.7. The Balaban J connectivity index is 1.26. The van der Waals surface area contributed by atoms with Gasteiger partial charge in [0.2, 0.25) is 5.91 Å². The number of rotatable bonds is 5. The van der Waals surface area contributed by atoms with E-state index in [-0.39, 0.29) is 54.4 Å². The number of nitrogens with zero attached hydrogens (tertiary/aromatic N) is 3. The Morgan fingerprint density at radius 3 is 2.33 bits per heavy atom. The van der Waals surface area contributed by atoms with Gasteiger partial charge in [0.25, 0.3) is 17.7 Å². The molecule has 1 saturated heterocycles. The molecule has 4 rings (SSSR count). The molecule has 172 valence electrons. The van der Waals surface area contributed by atoms with Gasteiger partial charge in [-0.25, -0.2) is 4.39 Å². The van der Waals surface area contributed by atoms with Crippen LogP contribution in [0.5, 0.6) is 0 Å². The molecule has 0 saturated carbocycles. The fraction of sp³-hybridized carbons (Fsp3) is 0.333. The van der Waals surface area contributed by atoms with E-state index in [1.807, 2.05) is 6.92 Å². The molecule has 0 aromatic heterocycles. The quantitative estimate of drug-likeness (QED) is 0.628. The number of fused-ring (bicyclic) bond motifs is 1. The Kier molecular flexibility index (Phi) is 6.47. The summed E-state index contributed by atoms with van der Waals surface area (Å²) >= 11 is 5.88. The average molecular weight is 472 g/mol. The van der Waals surface area contributed by atoms with Crippen LogP contribution in [0.2, 0.25) is 5.02 Å². The highest BCUT2D eigenvalue weighted by Crippen LogP contribution is 2.24. The van der Waals surface area contributed by atoms with Crippen LogP contribution in [0.25, 0.3) is 0 Å². The average Bonchev–Trinajstić information content (AvgIpc) is 3.04. The summed E-state index contributed by atoms with van der Waals surface area (Å²) < 4.78 is 14.0. The number of carbonyl (C=O) groups excluding carboxylic acids is 4. The topological polar surface area (TPSA) is 78.0 Å². The Morgan fingerprint density at radius 1 is 0.939 bits per heavy atom. The second-order valence-electron chi connectivity index (χ2n) is 8.21. The molecule has 0 N–H and O–H groups in total. The summed E-state index contributed by atoms with van der Waals surface area (Å²) in [5, 5.41) is 0.279. The summed E-state index contributed by atoms with van der Waals surface area (Å²) in [6.45, 7) is 3.27. The van der Waals surface area contributed by atoms with Gasteiger partial charge in [-0.15, -0.1) is 0 Å². The van der Waals surface area contributed by atoms with Crippen LogP contribution in [0, 0.1) is 12.7 Å². The number of benzene rings is 2. The second-order valence-corrected chi connectivity index (χ2v) is 8.65. The van der Waals surface area contributed by atoms with E-state index in [9.17, 15) is 23.6 Å². The van der Waals surface area contributed by atoms with Crippen LogP contribution in [0.3, 0.4) is 0 Å². The minimum atomic E-state index is -0.633. The van der Waals surface area contributed by atoms with Crippen LogP contribution in [-0.2, 0) is 4.79 Å². The minimum absolute atomic E-state index is 0.0848. The summed E-state index contributed by atoms with van der Waals surface area (Å²) in [6, 6.07) is 9.00. The van der Waals surface area contributed by atoms with Gasteiger partial charge in [-0.05, 0) is 43.7 Å². The first-order valence-corrected chi connectivity index (χ1v) is 11.1. The van der Waals surface area contributed by atoms with Gasteiger partial charge >= 0.3 is 0 Å². The second kappa shape index (κ2) is 9.31. The molecule has 4 amide bonds. The third kappa shape index (κ3) is 4.61. The first-order chi connectivity index (χ1) is 15.8. The number of amides is 4. The Hall–Kier alpha value is -3.26. The molecule has 1 fully saturated rings. The predicted octanol–water partition coefficient (Wildman–Crippen LogP) is 3.15. The standard InChI is InChI=1S/C24H23ClFN3O4/c1-15-4-6-17-18(13-15)24(33)29(23(17)32)8-2-3-21(30)27-9-11-28(12-10-27)22(31)19-14-16(25)5-7-20(19)26/h4-7,13-14H,2-3,8-12H2,1H3. The van der Waals surface area contributed by atoms with Crippen molar-refractivity contribution in [2.24, 2.45) is 0 Å². The van der Waals surface area contributed by atoms with Gasteiger partial charge in [-0.2, -0.15) is 0 Å². The fourth-order valence-electron chi connectivity index (χ4n) is 4.14. The summed E-state index contributed by atoms with van der Waals surface area (Å²) in [5.74, 6) is -1.85. The van der Waals surface area contributed by atoms with Crippen molar-refractivity contribution in [3.05, 3.63) is 69.5 Å². The summed E-state index contributed by atoms with van der Waals surface area (Å²) in [7, 11) is 0. The number of piperazine rings is 1. The van der Waals surface area contributed by atoms with Gasteiger partial charge < -0.3 is 9.80 Å². The van der Waals surface area contributed by atoms with Crippen molar-refractivity contribution in [3.8, 4) is 0 Å². The molecule has 9 heteroatoms. The number of halogens is 2. The van der Waals surface area contributed by atoms with E-state index in [2.05, 4.69) is 0 Å². The SMILES string of the molecule is Cc1ccc2c(c1)C(=O)N(CCCC(=O)N1CCN(C(=O)c3cc(Cl)ccc3F)CC1)C2=O. The van der Waals surface area contributed by atoms with Gasteiger partial charge in [-0.1, -0.05) is 23.2 Å². The van der Waals surface area contributed by atoms with Crippen LogP contribution >= 0.6 is 11.6 Å². The van der Waals surface area contributed by atoms with Crippen LogP contribution in [0.4, 0.5) is 4.39 Å². The van der Waals surface area contributed by atoms with E-state index in [4.69, 9.17) is 11.6 Å². The molecule has 0 bridgehead atoms. The lowest BCUT2D eigenvalue weighted by molar-refractivity contribution is -0.132. The van der Waals surface area contributed by atoms with Gasteiger partial charge in [0, 0.05) is 44.2 Å². The van der Waals surface area contributed by atoms with Gasteiger partial charge in [0.15, 0.2) is 0 Å². The third-order valence-electron chi connectivity index (χ3n) is 5.98. The number of hydrogen-bond acceptors (Lipinski definition) is 4. The van der Waals surface area contributed by atoms with E-state index >= 15 is 0 Å². The number of imide groups is 1. The lowest BCUT2D eigenvalue weighted by Gasteiger charge is -2.35. The number of aryl methyl sites for hydroxylation is 1. The minimum Gasteiger partial charge on any atom is -0.339 e. The summed E-state index contributed by atoms with van der Waals surface area (Å²) in [4.78, 5) is 54.6. The number of carbonyl (C=O) groups is 4. The van der Waals surface area contributed by atoms with Crippen molar-refractivity contribution in [1.82, 2.24) is 14.7 Å². The van der Waals surface area contributed by atoms with E-state index in [0.29, 0.717) is 30.6 Å². The van der Waals surface area contributed by atoms with Crippen molar-refractivity contribution in [1.29, 1.82) is 0 Å². The van der Waals surface area contributed by atoms with E-state index < -0.39 is 11.7 Å². The smallest absolute Gasteiger partial charge is 0.261 e. The monoisotopic (exact) mass is 471 g/mol. The highest BCUT2D eigenvalue weighted by atomic mass is 35.5. The molecule has 0 atom stereocenters. The first kappa shape index (κ1) is 22.9. The van der Waals surface area contributed by atoms with Crippen LogP contribution in [-0.4, -0.2) is 71.1 Å². The summed E-state index contributed by atoms with van der Waals surface area (Å²) in [5.41, 5.74) is 1.62. The molecular formula is C24H23ClFN3O4. The lowest BCUT2D eigenvalue weighted by Crippen LogP contribution is -2.50. The highest BCUT2D eigenvalue weighted by molar-refractivity contribution is 6.31. The molecule has 33 heavy (non-hydrogen) atoms. The fourth-order valence-corrected chi connectivity index (χ4v) is 4.32. The molecule has 7 nitrogen and oxygen atoms in total. The van der Waals surface area contributed by atoms with Crippen molar-refractivity contribution in [2.45, 2.75) is 19.8 Å².